The molecule has 5 nitrogen and oxygen atoms in total. The lowest BCUT2D eigenvalue weighted by atomic mass is 9.99. The Kier molecular flexibility index (Phi) is 5.13. The number of thiophene rings is 1. The summed E-state index contributed by atoms with van der Waals surface area (Å²) >= 11 is 1.57. The topological polar surface area (TPSA) is 66.6 Å². The van der Waals surface area contributed by atoms with Crippen molar-refractivity contribution in [2.45, 2.75) is 45.1 Å². The van der Waals surface area contributed by atoms with Gasteiger partial charge in [0.1, 0.15) is 5.76 Å². The van der Waals surface area contributed by atoms with Gasteiger partial charge in [0.15, 0.2) is 0 Å². The normalized spacial score (nSPS) is 18.3. The van der Waals surface area contributed by atoms with E-state index in [4.69, 9.17) is 4.42 Å². The maximum absolute atomic E-state index is 12.7. The standard InChI is InChI=1S/C17H22N2O3S/c1-12-14(18-17(22-12)15-6-4-10-23-15)11-16(21)19-8-3-2-5-13(19)7-9-20/h4,6,10,13,20H,2-3,5,7-9,11H2,1H3. The second-order valence-electron chi connectivity index (χ2n) is 5.92. The Morgan fingerprint density at radius 1 is 1.52 bits per heavy atom. The molecule has 0 saturated carbocycles. The number of carbonyl (C=O) groups is 1. The third-order valence-electron chi connectivity index (χ3n) is 4.35. The van der Waals surface area contributed by atoms with E-state index in [0.717, 1.165) is 30.7 Å². The molecule has 3 heterocycles. The fourth-order valence-electron chi connectivity index (χ4n) is 3.12. The van der Waals surface area contributed by atoms with Gasteiger partial charge >= 0.3 is 0 Å². The summed E-state index contributed by atoms with van der Waals surface area (Å²) < 4.78 is 5.71. The first-order valence-corrected chi connectivity index (χ1v) is 8.97. The Morgan fingerprint density at radius 2 is 2.39 bits per heavy atom. The van der Waals surface area contributed by atoms with Crippen molar-refractivity contribution < 1.29 is 14.3 Å². The van der Waals surface area contributed by atoms with E-state index in [-0.39, 0.29) is 25.0 Å². The van der Waals surface area contributed by atoms with Gasteiger partial charge in [-0.25, -0.2) is 4.98 Å². The predicted octanol–water partition coefficient (Wildman–Crippen LogP) is 3.02. The van der Waals surface area contributed by atoms with Crippen LogP contribution in [0, 0.1) is 6.92 Å². The number of carbonyl (C=O) groups excluding carboxylic acids is 1. The van der Waals surface area contributed by atoms with Crippen LogP contribution < -0.4 is 0 Å². The fraction of sp³-hybridized carbons (Fsp3) is 0.529. The van der Waals surface area contributed by atoms with Crippen molar-refractivity contribution in [2.75, 3.05) is 13.2 Å². The molecule has 23 heavy (non-hydrogen) atoms. The Labute approximate surface area is 140 Å². The molecule has 0 aromatic carbocycles. The average molecular weight is 334 g/mol. The number of aromatic nitrogens is 1. The second kappa shape index (κ2) is 7.27. The van der Waals surface area contributed by atoms with Crippen molar-refractivity contribution in [3.63, 3.8) is 0 Å². The van der Waals surface area contributed by atoms with Crippen LogP contribution in [0.3, 0.4) is 0 Å². The lowest BCUT2D eigenvalue weighted by molar-refractivity contribution is -0.134. The lowest BCUT2D eigenvalue weighted by Crippen LogP contribution is -2.45. The highest BCUT2D eigenvalue weighted by Gasteiger charge is 2.27. The largest absolute Gasteiger partial charge is 0.440 e. The van der Waals surface area contributed by atoms with Crippen LogP contribution in [0.4, 0.5) is 0 Å². The van der Waals surface area contributed by atoms with Crippen LogP contribution in [0.1, 0.15) is 37.1 Å². The molecule has 0 radical (unpaired) electrons. The fourth-order valence-corrected chi connectivity index (χ4v) is 3.77. The third kappa shape index (κ3) is 3.64. The molecule has 0 spiro atoms. The first-order chi connectivity index (χ1) is 11.2. The van der Waals surface area contributed by atoms with E-state index in [1.165, 1.54) is 0 Å². The Balaban J connectivity index is 1.72. The minimum atomic E-state index is 0.0808. The number of likely N-dealkylation sites (tertiary alicyclic amines) is 1. The van der Waals surface area contributed by atoms with Gasteiger partial charge in [0.25, 0.3) is 0 Å². The van der Waals surface area contributed by atoms with Gasteiger partial charge < -0.3 is 14.4 Å². The molecule has 1 atom stereocenters. The Morgan fingerprint density at radius 3 is 3.13 bits per heavy atom. The minimum absolute atomic E-state index is 0.0808. The van der Waals surface area contributed by atoms with Crippen molar-refractivity contribution in [1.29, 1.82) is 0 Å². The van der Waals surface area contributed by atoms with E-state index in [1.54, 1.807) is 11.3 Å². The number of aliphatic hydroxyl groups excluding tert-OH is 1. The Hall–Kier alpha value is -1.66. The minimum Gasteiger partial charge on any atom is -0.440 e. The number of aliphatic hydroxyl groups is 1. The van der Waals surface area contributed by atoms with Crippen LogP contribution in [-0.2, 0) is 11.2 Å². The molecule has 1 fully saturated rings. The zero-order valence-electron chi connectivity index (χ0n) is 13.3. The van der Waals surface area contributed by atoms with E-state index in [9.17, 15) is 9.90 Å². The molecule has 1 saturated heterocycles. The van der Waals surface area contributed by atoms with E-state index in [1.807, 2.05) is 29.3 Å². The van der Waals surface area contributed by atoms with E-state index < -0.39 is 0 Å². The number of oxazole rings is 1. The van der Waals surface area contributed by atoms with Crippen LogP contribution >= 0.6 is 11.3 Å². The monoisotopic (exact) mass is 334 g/mol. The van der Waals surface area contributed by atoms with Crippen molar-refractivity contribution >= 4 is 17.2 Å². The summed E-state index contributed by atoms with van der Waals surface area (Å²) in [5.74, 6) is 1.38. The SMILES string of the molecule is Cc1oc(-c2cccs2)nc1CC(=O)N1CCCCC1CCO. The smallest absolute Gasteiger partial charge is 0.236 e. The summed E-state index contributed by atoms with van der Waals surface area (Å²) in [5.41, 5.74) is 0.715. The number of aryl methyl sites for hydroxylation is 1. The van der Waals surface area contributed by atoms with Crippen LogP contribution in [0.2, 0.25) is 0 Å². The summed E-state index contributed by atoms with van der Waals surface area (Å²) in [4.78, 5) is 20.1. The summed E-state index contributed by atoms with van der Waals surface area (Å²) in [6, 6.07) is 4.08. The van der Waals surface area contributed by atoms with E-state index in [0.29, 0.717) is 23.8 Å². The molecule has 0 bridgehead atoms. The highest BCUT2D eigenvalue weighted by molar-refractivity contribution is 7.13. The van der Waals surface area contributed by atoms with Crippen LogP contribution in [0.15, 0.2) is 21.9 Å². The third-order valence-corrected chi connectivity index (χ3v) is 5.21. The molecule has 1 N–H and O–H groups in total. The number of piperidine rings is 1. The second-order valence-corrected chi connectivity index (χ2v) is 6.87. The van der Waals surface area contributed by atoms with Crippen LogP contribution in [0.25, 0.3) is 10.8 Å². The van der Waals surface area contributed by atoms with Gasteiger partial charge in [-0.3, -0.25) is 4.79 Å². The summed E-state index contributed by atoms with van der Waals surface area (Å²) in [6.45, 7) is 2.76. The molecule has 2 aromatic rings. The molecule has 1 unspecified atom stereocenters. The maximum atomic E-state index is 12.7. The number of amides is 1. The maximum Gasteiger partial charge on any atom is 0.236 e. The zero-order valence-corrected chi connectivity index (χ0v) is 14.1. The number of rotatable bonds is 5. The number of nitrogens with zero attached hydrogens (tertiary/aromatic N) is 2. The molecular weight excluding hydrogens is 312 g/mol. The molecule has 3 rings (SSSR count). The predicted molar refractivity (Wildman–Crippen MR) is 89.3 cm³/mol. The summed E-state index contributed by atoms with van der Waals surface area (Å²) in [6.07, 6.45) is 4.06. The number of hydrogen-bond acceptors (Lipinski definition) is 5. The van der Waals surface area contributed by atoms with Gasteiger partial charge in [0.2, 0.25) is 11.8 Å². The molecule has 0 aliphatic carbocycles. The van der Waals surface area contributed by atoms with Gasteiger partial charge in [-0.2, -0.15) is 0 Å². The quantitative estimate of drug-likeness (QED) is 0.913. The van der Waals surface area contributed by atoms with E-state index in [2.05, 4.69) is 4.98 Å². The average Bonchev–Trinajstić information content (AvgIpc) is 3.19. The molecule has 1 aliphatic heterocycles. The van der Waals surface area contributed by atoms with Crippen molar-refractivity contribution in [3.05, 3.63) is 29.0 Å². The highest BCUT2D eigenvalue weighted by Crippen LogP contribution is 2.27. The van der Waals surface area contributed by atoms with Gasteiger partial charge in [0, 0.05) is 19.2 Å². The van der Waals surface area contributed by atoms with Gasteiger partial charge in [-0.1, -0.05) is 6.07 Å². The van der Waals surface area contributed by atoms with Crippen molar-refractivity contribution in [2.24, 2.45) is 0 Å². The van der Waals surface area contributed by atoms with E-state index >= 15 is 0 Å². The first-order valence-electron chi connectivity index (χ1n) is 8.09. The molecular formula is C17H22N2O3S. The van der Waals surface area contributed by atoms with Gasteiger partial charge in [-0.05, 0) is 44.1 Å². The highest BCUT2D eigenvalue weighted by atomic mass is 32.1. The van der Waals surface area contributed by atoms with Gasteiger partial charge in [0.05, 0.1) is 17.0 Å². The van der Waals surface area contributed by atoms with Crippen LogP contribution in [-0.4, -0.2) is 40.1 Å². The molecule has 1 amide bonds. The first kappa shape index (κ1) is 16.2. The molecule has 6 heteroatoms. The summed E-state index contributed by atoms with van der Waals surface area (Å²) in [5, 5.41) is 11.2. The lowest BCUT2D eigenvalue weighted by Gasteiger charge is -2.35. The van der Waals surface area contributed by atoms with Crippen molar-refractivity contribution in [3.8, 4) is 10.8 Å². The number of hydrogen-bond donors (Lipinski definition) is 1. The zero-order chi connectivity index (χ0) is 16.2. The Bertz CT molecular complexity index is 649. The van der Waals surface area contributed by atoms with Crippen LogP contribution in [0.5, 0.6) is 0 Å². The van der Waals surface area contributed by atoms with Gasteiger partial charge in [-0.15, -0.1) is 11.3 Å². The molecule has 2 aromatic heterocycles. The van der Waals surface area contributed by atoms with Crippen molar-refractivity contribution in [1.82, 2.24) is 9.88 Å². The molecule has 1 aliphatic rings. The molecule has 124 valence electrons. The summed E-state index contributed by atoms with van der Waals surface area (Å²) in [7, 11) is 0.